The van der Waals surface area contributed by atoms with Gasteiger partial charge in [-0.15, -0.1) is 0 Å². The van der Waals surface area contributed by atoms with Crippen LogP contribution in [0.5, 0.6) is 0 Å². The standard InChI is InChI=1S/C42H79O10P/c1-3-5-7-9-11-13-15-17-19-21-23-25-27-29-31-33-41(45)49-37-40(38-51-53(47,48)50-36-39(44)35-43)52-42(46)34-32-30-28-26-24-22-20-18-16-14-12-10-8-6-4-2/h12,14,18,20,39-40,43-44H,3-11,13,15-17,19,21-38H2,1-2H3,(H,47,48)/t39-,40+/m0/s1. The highest BCUT2D eigenvalue weighted by Crippen LogP contribution is 2.43. The molecule has 0 aliphatic rings. The smallest absolute Gasteiger partial charge is 0.462 e. The third-order valence-corrected chi connectivity index (χ3v) is 10.1. The second kappa shape index (κ2) is 38.7. The number of allylic oxidation sites excluding steroid dienone is 4. The van der Waals surface area contributed by atoms with Gasteiger partial charge in [0.05, 0.1) is 19.8 Å². The third-order valence-electron chi connectivity index (χ3n) is 9.11. The summed E-state index contributed by atoms with van der Waals surface area (Å²) in [5.41, 5.74) is 0. The number of carbonyl (C=O) groups excluding carboxylic acids is 2. The average molecular weight is 775 g/mol. The van der Waals surface area contributed by atoms with Crippen LogP contribution >= 0.6 is 7.82 Å². The molecular formula is C42H79O10P. The maximum Gasteiger partial charge on any atom is 0.472 e. The zero-order chi connectivity index (χ0) is 39.1. The van der Waals surface area contributed by atoms with Gasteiger partial charge in [-0.3, -0.25) is 18.6 Å². The Bertz CT molecular complexity index is 941. The highest BCUT2D eigenvalue weighted by Gasteiger charge is 2.27. The lowest BCUT2D eigenvalue weighted by molar-refractivity contribution is -0.161. The molecule has 0 fully saturated rings. The van der Waals surface area contributed by atoms with E-state index in [1.807, 2.05) is 0 Å². The largest absolute Gasteiger partial charge is 0.472 e. The van der Waals surface area contributed by atoms with Crippen molar-refractivity contribution in [3.63, 3.8) is 0 Å². The SMILES string of the molecule is CCCCCC=CCC=CCCCCCCCC(=O)O[C@H](COC(=O)CCCCCCCCCCCCCCCCC)COP(=O)(O)OC[C@@H](O)CO. The Morgan fingerprint density at radius 1 is 0.566 bits per heavy atom. The zero-order valence-corrected chi connectivity index (χ0v) is 34.6. The molecule has 0 aliphatic carbocycles. The molecule has 3 N–H and O–H groups in total. The second-order valence-electron chi connectivity index (χ2n) is 14.4. The van der Waals surface area contributed by atoms with Crippen LogP contribution < -0.4 is 0 Å². The van der Waals surface area contributed by atoms with Gasteiger partial charge in [0.25, 0.3) is 0 Å². The van der Waals surface area contributed by atoms with Crippen LogP contribution in [0.2, 0.25) is 0 Å². The van der Waals surface area contributed by atoms with Crippen molar-refractivity contribution in [1.82, 2.24) is 0 Å². The third kappa shape index (κ3) is 38.5. The molecule has 53 heavy (non-hydrogen) atoms. The summed E-state index contributed by atoms with van der Waals surface area (Å²) in [4.78, 5) is 34.9. The predicted octanol–water partition coefficient (Wildman–Crippen LogP) is 11.0. The number of esters is 2. The molecule has 0 aromatic heterocycles. The van der Waals surface area contributed by atoms with Crippen LogP contribution in [0.15, 0.2) is 24.3 Å². The maximum atomic E-state index is 12.6. The lowest BCUT2D eigenvalue weighted by Crippen LogP contribution is -2.29. The Labute approximate surface area is 323 Å². The minimum Gasteiger partial charge on any atom is -0.462 e. The van der Waals surface area contributed by atoms with Crippen LogP contribution in [0.25, 0.3) is 0 Å². The Balaban J connectivity index is 4.31. The van der Waals surface area contributed by atoms with Crippen LogP contribution in [-0.4, -0.2) is 65.7 Å². The molecule has 0 heterocycles. The van der Waals surface area contributed by atoms with Crippen LogP contribution in [0.3, 0.4) is 0 Å². The monoisotopic (exact) mass is 775 g/mol. The predicted molar refractivity (Wildman–Crippen MR) is 215 cm³/mol. The fourth-order valence-electron chi connectivity index (χ4n) is 5.79. The Hall–Kier alpha value is -1.55. The first-order chi connectivity index (χ1) is 25.7. The summed E-state index contributed by atoms with van der Waals surface area (Å²) in [5.74, 6) is -0.934. The van der Waals surface area contributed by atoms with E-state index < -0.39 is 51.8 Å². The number of hydrogen-bond donors (Lipinski definition) is 3. The first kappa shape index (κ1) is 51.5. The van der Waals surface area contributed by atoms with E-state index in [1.54, 1.807) is 0 Å². The first-order valence-corrected chi connectivity index (χ1v) is 22.8. The van der Waals surface area contributed by atoms with Gasteiger partial charge in [0.1, 0.15) is 12.7 Å². The summed E-state index contributed by atoms with van der Waals surface area (Å²) in [6, 6.07) is 0. The number of phosphoric acid groups is 1. The molecule has 0 amide bonds. The van der Waals surface area contributed by atoms with Gasteiger partial charge in [-0.05, 0) is 44.9 Å². The van der Waals surface area contributed by atoms with Crippen molar-refractivity contribution in [1.29, 1.82) is 0 Å². The summed E-state index contributed by atoms with van der Waals surface area (Å²) < 4.78 is 32.7. The Morgan fingerprint density at radius 2 is 0.981 bits per heavy atom. The number of unbranched alkanes of at least 4 members (excludes halogenated alkanes) is 22. The van der Waals surface area contributed by atoms with Crippen LogP contribution in [0.4, 0.5) is 0 Å². The molecule has 1 unspecified atom stereocenters. The molecule has 0 saturated carbocycles. The van der Waals surface area contributed by atoms with E-state index in [2.05, 4.69) is 42.7 Å². The highest BCUT2D eigenvalue weighted by atomic mass is 31.2. The van der Waals surface area contributed by atoms with Crippen molar-refractivity contribution in [3.8, 4) is 0 Å². The van der Waals surface area contributed by atoms with Gasteiger partial charge in [-0.2, -0.15) is 0 Å². The molecule has 0 aromatic carbocycles. The van der Waals surface area contributed by atoms with E-state index in [0.29, 0.717) is 12.8 Å². The second-order valence-corrected chi connectivity index (χ2v) is 15.8. The van der Waals surface area contributed by atoms with E-state index in [1.165, 1.54) is 89.9 Å². The van der Waals surface area contributed by atoms with Crippen molar-refractivity contribution in [2.75, 3.05) is 26.4 Å². The first-order valence-electron chi connectivity index (χ1n) is 21.3. The summed E-state index contributed by atoms with van der Waals surface area (Å²) >= 11 is 0. The topological polar surface area (TPSA) is 149 Å². The van der Waals surface area contributed by atoms with Crippen molar-refractivity contribution in [2.24, 2.45) is 0 Å². The quantitative estimate of drug-likeness (QED) is 0.0238. The molecule has 0 spiro atoms. The molecule has 10 nitrogen and oxygen atoms in total. The van der Waals surface area contributed by atoms with Gasteiger partial charge in [0.15, 0.2) is 6.10 Å². The van der Waals surface area contributed by atoms with Crippen molar-refractivity contribution in [2.45, 2.75) is 206 Å². The highest BCUT2D eigenvalue weighted by molar-refractivity contribution is 7.47. The van der Waals surface area contributed by atoms with Gasteiger partial charge in [0.2, 0.25) is 0 Å². The number of hydrogen-bond acceptors (Lipinski definition) is 9. The van der Waals surface area contributed by atoms with Crippen molar-refractivity contribution < 1.29 is 47.8 Å². The summed E-state index contributed by atoms with van der Waals surface area (Å²) in [5, 5.41) is 18.3. The molecule has 0 rings (SSSR count). The van der Waals surface area contributed by atoms with Gasteiger partial charge in [-0.1, -0.05) is 160 Å². The van der Waals surface area contributed by atoms with E-state index in [4.69, 9.17) is 19.1 Å². The van der Waals surface area contributed by atoms with Crippen LogP contribution in [0, 0.1) is 0 Å². The Kier molecular flexibility index (Phi) is 37.6. The van der Waals surface area contributed by atoms with Crippen molar-refractivity contribution in [3.05, 3.63) is 24.3 Å². The molecule has 0 radical (unpaired) electrons. The molecular weight excluding hydrogens is 695 g/mol. The average Bonchev–Trinajstić information content (AvgIpc) is 3.14. The Morgan fingerprint density at radius 3 is 1.49 bits per heavy atom. The van der Waals surface area contributed by atoms with E-state index in [0.717, 1.165) is 64.2 Å². The minimum atomic E-state index is -4.62. The number of phosphoric ester groups is 1. The van der Waals surface area contributed by atoms with E-state index in [-0.39, 0.29) is 19.4 Å². The number of aliphatic hydroxyl groups excluding tert-OH is 2. The lowest BCUT2D eigenvalue weighted by Gasteiger charge is -2.20. The molecule has 0 aromatic rings. The fourth-order valence-corrected chi connectivity index (χ4v) is 6.58. The van der Waals surface area contributed by atoms with E-state index >= 15 is 0 Å². The number of carbonyl (C=O) groups is 2. The fraction of sp³-hybridized carbons (Fsp3) is 0.857. The van der Waals surface area contributed by atoms with Crippen molar-refractivity contribution >= 4 is 19.8 Å². The van der Waals surface area contributed by atoms with Gasteiger partial charge in [0, 0.05) is 12.8 Å². The number of rotatable bonds is 40. The molecule has 0 aliphatic heterocycles. The summed E-state index contributed by atoms with van der Waals surface area (Å²) in [6.07, 6.45) is 37.1. The zero-order valence-electron chi connectivity index (χ0n) is 33.7. The molecule has 11 heteroatoms. The van der Waals surface area contributed by atoms with Crippen LogP contribution in [-0.2, 0) is 32.7 Å². The molecule has 312 valence electrons. The molecule has 0 saturated heterocycles. The maximum absolute atomic E-state index is 12.6. The lowest BCUT2D eigenvalue weighted by atomic mass is 10.0. The van der Waals surface area contributed by atoms with Crippen LogP contribution in [0.1, 0.15) is 194 Å². The molecule has 3 atom stereocenters. The minimum absolute atomic E-state index is 0.171. The summed E-state index contributed by atoms with van der Waals surface area (Å²) in [6.45, 7) is 2.35. The molecule has 0 bridgehead atoms. The normalized spacial score (nSPS) is 14.1. The van der Waals surface area contributed by atoms with Gasteiger partial charge >= 0.3 is 19.8 Å². The number of ether oxygens (including phenoxy) is 2. The van der Waals surface area contributed by atoms with Gasteiger partial charge < -0.3 is 24.6 Å². The number of aliphatic hydroxyl groups is 2. The van der Waals surface area contributed by atoms with E-state index in [9.17, 15) is 24.2 Å². The summed E-state index contributed by atoms with van der Waals surface area (Å²) in [7, 11) is -4.62. The van der Waals surface area contributed by atoms with Gasteiger partial charge in [-0.25, -0.2) is 4.57 Å².